The molecular weight excluding hydrogens is 444 g/mol. The number of piperidine rings is 1. The minimum Gasteiger partial charge on any atom is -0.385 e. The third kappa shape index (κ3) is 6.24. The summed E-state index contributed by atoms with van der Waals surface area (Å²) in [5.41, 5.74) is -1.80. The lowest BCUT2D eigenvalue weighted by atomic mass is 9.74. The summed E-state index contributed by atoms with van der Waals surface area (Å²) in [6, 6.07) is 3.71. The summed E-state index contributed by atoms with van der Waals surface area (Å²) < 4.78 is 39.3. The minimum absolute atomic E-state index is 0.0263. The highest BCUT2D eigenvalue weighted by Crippen LogP contribution is 2.41. The van der Waals surface area contributed by atoms with Gasteiger partial charge in [0.05, 0.1) is 12.2 Å². The molecule has 2 amide bonds. The Morgan fingerprint density at radius 2 is 2.12 bits per heavy atom. The first kappa shape index (κ1) is 26.8. The Bertz CT molecular complexity index is 829. The molecule has 0 aliphatic carbocycles. The highest BCUT2D eigenvalue weighted by atomic mass is 19.2. The predicted octanol–water partition coefficient (Wildman–Crippen LogP) is 3.16. The van der Waals surface area contributed by atoms with E-state index in [4.69, 9.17) is 9.47 Å². The zero-order valence-electron chi connectivity index (χ0n) is 20.5. The minimum atomic E-state index is -1.58. The molecule has 2 aliphatic heterocycles. The highest BCUT2D eigenvalue weighted by Gasteiger charge is 2.44. The molecule has 1 unspecified atom stereocenters. The van der Waals surface area contributed by atoms with E-state index in [1.165, 1.54) is 12.1 Å². The van der Waals surface area contributed by atoms with Crippen molar-refractivity contribution in [2.24, 2.45) is 5.92 Å². The smallest absolute Gasteiger partial charge is 0.317 e. The zero-order valence-corrected chi connectivity index (χ0v) is 20.5. The van der Waals surface area contributed by atoms with Crippen LogP contribution in [-0.4, -0.2) is 74.7 Å². The van der Waals surface area contributed by atoms with Crippen molar-refractivity contribution in [1.82, 2.24) is 15.5 Å². The van der Waals surface area contributed by atoms with Gasteiger partial charge in [-0.05, 0) is 51.5 Å². The number of halogens is 2. The summed E-state index contributed by atoms with van der Waals surface area (Å²) >= 11 is 0. The zero-order chi connectivity index (χ0) is 24.8. The van der Waals surface area contributed by atoms with Gasteiger partial charge in [0, 0.05) is 63.5 Å². The fraction of sp³-hybridized carbons (Fsp3) is 0.720. The Hall–Kier alpha value is -1.81. The molecule has 0 radical (unpaired) electrons. The van der Waals surface area contributed by atoms with Crippen molar-refractivity contribution in [3.05, 3.63) is 35.4 Å². The fourth-order valence-electron chi connectivity index (χ4n) is 5.44. The van der Waals surface area contributed by atoms with E-state index in [1.807, 2.05) is 0 Å². The first-order valence-electron chi connectivity index (χ1n) is 12.2. The van der Waals surface area contributed by atoms with E-state index in [0.717, 1.165) is 12.5 Å². The number of amides is 2. The van der Waals surface area contributed by atoms with Gasteiger partial charge in [-0.3, -0.25) is 0 Å². The number of nitrogens with one attached hydrogen (secondary N) is 2. The number of rotatable bonds is 10. The Kier molecular flexibility index (Phi) is 9.26. The summed E-state index contributed by atoms with van der Waals surface area (Å²) in [6.45, 7) is 4.64. The molecule has 2 saturated heterocycles. The van der Waals surface area contributed by atoms with E-state index >= 15 is 0 Å². The van der Waals surface area contributed by atoms with Gasteiger partial charge in [-0.25, -0.2) is 13.6 Å². The molecule has 2 fully saturated rings. The van der Waals surface area contributed by atoms with Crippen molar-refractivity contribution >= 4 is 6.03 Å². The van der Waals surface area contributed by atoms with Crippen molar-refractivity contribution in [3.63, 3.8) is 0 Å². The van der Waals surface area contributed by atoms with Crippen molar-refractivity contribution in [1.29, 1.82) is 0 Å². The average Bonchev–Trinajstić information content (AvgIpc) is 3.18. The number of methoxy groups -OCH3 is 2. The first-order chi connectivity index (χ1) is 16.2. The van der Waals surface area contributed by atoms with E-state index in [1.54, 1.807) is 19.1 Å². The third-order valence-corrected chi connectivity index (χ3v) is 7.22. The van der Waals surface area contributed by atoms with Crippen molar-refractivity contribution < 1.29 is 28.2 Å². The molecule has 0 bridgehead atoms. The second-order valence-electron chi connectivity index (χ2n) is 9.99. The summed E-state index contributed by atoms with van der Waals surface area (Å²) in [5, 5.41) is 18.3. The van der Waals surface area contributed by atoms with Crippen LogP contribution in [0.25, 0.3) is 0 Å². The van der Waals surface area contributed by atoms with E-state index in [2.05, 4.69) is 17.6 Å². The van der Waals surface area contributed by atoms with Gasteiger partial charge in [0.2, 0.25) is 0 Å². The van der Waals surface area contributed by atoms with Gasteiger partial charge in [0.15, 0.2) is 11.6 Å². The second-order valence-corrected chi connectivity index (χ2v) is 9.99. The quantitative estimate of drug-likeness (QED) is 0.446. The van der Waals surface area contributed by atoms with Crippen molar-refractivity contribution in [2.75, 3.05) is 47.1 Å². The molecule has 9 heteroatoms. The molecule has 4 atom stereocenters. The van der Waals surface area contributed by atoms with Crippen LogP contribution in [0.2, 0.25) is 0 Å². The molecule has 3 N–H and O–H groups in total. The van der Waals surface area contributed by atoms with Gasteiger partial charge in [-0.15, -0.1) is 0 Å². The van der Waals surface area contributed by atoms with Gasteiger partial charge in [-0.1, -0.05) is 12.1 Å². The molecule has 192 valence electrons. The van der Waals surface area contributed by atoms with E-state index in [-0.39, 0.29) is 36.1 Å². The summed E-state index contributed by atoms with van der Waals surface area (Å²) in [6.07, 6.45) is 3.61. The SMILES string of the molecule is COCCCC[C@@](O)(c1cccc(F)c1F)[C@@H]1CCCN(C(=O)N[C@@H]2CNC(C)(COC)C2)C1. The molecular formula is C25H39F2N3O4. The predicted molar refractivity (Wildman–Crippen MR) is 125 cm³/mol. The number of ether oxygens (including phenoxy) is 2. The summed E-state index contributed by atoms with van der Waals surface area (Å²) in [4.78, 5) is 14.8. The monoisotopic (exact) mass is 483 g/mol. The Balaban J connectivity index is 1.72. The van der Waals surface area contributed by atoms with Crippen LogP contribution < -0.4 is 10.6 Å². The lowest BCUT2D eigenvalue weighted by Crippen LogP contribution is -2.53. The van der Waals surface area contributed by atoms with E-state index in [0.29, 0.717) is 52.0 Å². The lowest BCUT2D eigenvalue weighted by Gasteiger charge is -2.43. The molecule has 0 spiro atoms. The van der Waals surface area contributed by atoms with Crippen LogP contribution in [0.4, 0.5) is 13.6 Å². The number of carbonyl (C=O) groups is 1. The summed E-state index contributed by atoms with van der Waals surface area (Å²) in [7, 11) is 3.26. The van der Waals surface area contributed by atoms with E-state index in [9.17, 15) is 18.7 Å². The number of urea groups is 1. The number of aliphatic hydroxyl groups is 1. The molecule has 34 heavy (non-hydrogen) atoms. The maximum Gasteiger partial charge on any atom is 0.317 e. The van der Waals surface area contributed by atoms with Crippen molar-refractivity contribution in [3.8, 4) is 0 Å². The number of unbranched alkanes of at least 4 members (excludes halogenated alkanes) is 1. The van der Waals surface area contributed by atoms with Crippen LogP contribution in [-0.2, 0) is 15.1 Å². The van der Waals surface area contributed by atoms with Gasteiger partial charge in [0.1, 0.15) is 0 Å². The third-order valence-electron chi connectivity index (χ3n) is 7.22. The number of carbonyl (C=O) groups excluding carboxylic acids is 1. The van der Waals surface area contributed by atoms with Crippen molar-refractivity contribution in [2.45, 2.75) is 62.6 Å². The molecule has 0 aromatic heterocycles. The van der Waals surface area contributed by atoms with Gasteiger partial charge < -0.3 is 30.1 Å². The topological polar surface area (TPSA) is 83.1 Å². The maximum atomic E-state index is 14.8. The molecule has 2 heterocycles. The number of nitrogens with zero attached hydrogens (tertiary/aromatic N) is 1. The molecule has 3 rings (SSSR count). The number of hydrogen-bond donors (Lipinski definition) is 3. The fourth-order valence-corrected chi connectivity index (χ4v) is 5.44. The molecule has 1 aromatic rings. The Morgan fingerprint density at radius 1 is 1.32 bits per heavy atom. The highest BCUT2D eigenvalue weighted by molar-refractivity contribution is 5.74. The maximum absolute atomic E-state index is 14.8. The van der Waals surface area contributed by atoms with E-state index < -0.39 is 23.2 Å². The average molecular weight is 484 g/mol. The Labute approximate surface area is 201 Å². The molecule has 1 aromatic carbocycles. The molecule has 0 saturated carbocycles. The number of hydrogen-bond acceptors (Lipinski definition) is 5. The largest absolute Gasteiger partial charge is 0.385 e. The van der Waals surface area contributed by atoms with Gasteiger partial charge in [-0.2, -0.15) is 0 Å². The van der Waals surface area contributed by atoms with Crippen LogP contribution in [0.3, 0.4) is 0 Å². The number of benzene rings is 1. The molecule has 2 aliphatic rings. The first-order valence-corrected chi connectivity index (χ1v) is 12.2. The van der Waals surface area contributed by atoms with Crippen LogP contribution in [0.5, 0.6) is 0 Å². The van der Waals surface area contributed by atoms with Crippen LogP contribution in [0.15, 0.2) is 18.2 Å². The van der Waals surface area contributed by atoms with Crippen LogP contribution in [0.1, 0.15) is 51.0 Å². The van der Waals surface area contributed by atoms with Gasteiger partial charge >= 0.3 is 6.03 Å². The van der Waals surface area contributed by atoms with Crippen LogP contribution in [0, 0.1) is 17.6 Å². The lowest BCUT2D eigenvalue weighted by molar-refractivity contribution is -0.0591. The van der Waals surface area contributed by atoms with Crippen LogP contribution >= 0.6 is 0 Å². The number of likely N-dealkylation sites (tertiary alicyclic amines) is 1. The second kappa shape index (κ2) is 11.7. The Morgan fingerprint density at radius 3 is 2.85 bits per heavy atom. The standard InChI is InChI=1S/C25H39F2N3O4/c1-24(17-34-3)14-19(15-28-24)29-23(31)30-12-7-8-18(16-30)25(32,11-4-5-13-33-2)20-9-6-10-21(26)22(20)27/h6,9-10,18-19,28,32H,4-5,7-8,11-17H2,1-3H3,(H,29,31)/t18-,19+,24?,25+/m1/s1. The van der Waals surface area contributed by atoms with Gasteiger partial charge in [0.25, 0.3) is 0 Å². The summed E-state index contributed by atoms with van der Waals surface area (Å²) in [5.74, 6) is -2.41. The molecule has 7 nitrogen and oxygen atoms in total. The normalized spacial score (nSPS) is 26.9.